The highest BCUT2D eigenvalue weighted by Crippen LogP contribution is 2.41. The number of imidazole rings is 1. The van der Waals surface area contributed by atoms with Crippen LogP contribution in [0.1, 0.15) is 50.5 Å². The molecule has 1 aliphatic rings. The van der Waals surface area contributed by atoms with E-state index in [2.05, 4.69) is 57.9 Å². The molecule has 1 fully saturated rings. The first-order chi connectivity index (χ1) is 10.3. The summed E-state index contributed by atoms with van der Waals surface area (Å²) in [7, 11) is 0. The summed E-state index contributed by atoms with van der Waals surface area (Å²) in [4.78, 5) is 4.46. The van der Waals surface area contributed by atoms with Crippen molar-refractivity contribution in [2.24, 2.45) is 5.92 Å². The number of hydrogen-bond donors (Lipinski definition) is 1. The van der Waals surface area contributed by atoms with Gasteiger partial charge in [0.1, 0.15) is 5.82 Å². The number of aryl methyl sites for hydroxylation is 1. The van der Waals surface area contributed by atoms with Crippen LogP contribution in [-0.4, -0.2) is 20.7 Å². The van der Waals surface area contributed by atoms with Crippen LogP contribution in [-0.2, 0) is 13.1 Å². The summed E-state index contributed by atoms with van der Waals surface area (Å²) in [6.45, 7) is 7.32. The molecule has 3 rings (SSSR count). The van der Waals surface area contributed by atoms with Gasteiger partial charge in [-0.05, 0) is 50.3 Å². The summed E-state index contributed by atoms with van der Waals surface area (Å²) in [5, 5.41) is 3.71. The number of hydrogen-bond acceptors (Lipinski definition) is 2. The van der Waals surface area contributed by atoms with Gasteiger partial charge in [0.15, 0.2) is 0 Å². The van der Waals surface area contributed by atoms with E-state index in [0.717, 1.165) is 31.4 Å². The Labute approximate surface area is 127 Å². The molecule has 0 bridgehead atoms. The van der Waals surface area contributed by atoms with Crippen LogP contribution in [0.25, 0.3) is 0 Å². The molecular weight excluding hydrogens is 260 g/mol. The Morgan fingerprint density at radius 2 is 2.19 bits per heavy atom. The van der Waals surface area contributed by atoms with Gasteiger partial charge in [-0.1, -0.05) is 6.92 Å². The quantitative estimate of drug-likeness (QED) is 0.808. The topological polar surface area (TPSA) is 34.8 Å². The zero-order valence-electron chi connectivity index (χ0n) is 13.1. The van der Waals surface area contributed by atoms with Crippen molar-refractivity contribution >= 4 is 0 Å². The Hall–Kier alpha value is -1.55. The van der Waals surface area contributed by atoms with Gasteiger partial charge in [0, 0.05) is 37.4 Å². The number of nitrogens with one attached hydrogen (secondary N) is 1. The lowest BCUT2D eigenvalue weighted by Gasteiger charge is -2.16. The van der Waals surface area contributed by atoms with E-state index in [-0.39, 0.29) is 0 Å². The fourth-order valence-corrected chi connectivity index (χ4v) is 2.97. The van der Waals surface area contributed by atoms with E-state index >= 15 is 0 Å². The van der Waals surface area contributed by atoms with Gasteiger partial charge in [-0.25, -0.2) is 4.98 Å². The molecule has 2 heterocycles. The van der Waals surface area contributed by atoms with E-state index < -0.39 is 0 Å². The minimum atomic E-state index is 0.539. The minimum absolute atomic E-state index is 0.539. The fourth-order valence-electron chi connectivity index (χ4n) is 2.97. The van der Waals surface area contributed by atoms with E-state index in [9.17, 15) is 0 Å². The largest absolute Gasteiger partial charge is 0.346 e. The number of rotatable bonds is 8. The lowest BCUT2D eigenvalue weighted by Crippen LogP contribution is -2.23. The molecule has 0 spiro atoms. The first-order valence-electron chi connectivity index (χ1n) is 8.20. The van der Waals surface area contributed by atoms with Crippen LogP contribution in [0.5, 0.6) is 0 Å². The van der Waals surface area contributed by atoms with Gasteiger partial charge in [-0.3, -0.25) is 0 Å². The maximum Gasteiger partial charge on any atom is 0.128 e. The van der Waals surface area contributed by atoms with Crippen molar-refractivity contribution in [3.8, 4) is 0 Å². The molecule has 1 unspecified atom stereocenters. The fraction of sp³-hybridized carbons (Fsp3) is 0.588. The molecular formula is C17H26N4. The van der Waals surface area contributed by atoms with Crippen molar-refractivity contribution in [3.63, 3.8) is 0 Å². The molecule has 4 nitrogen and oxygen atoms in total. The monoisotopic (exact) mass is 286 g/mol. The van der Waals surface area contributed by atoms with E-state index in [0.29, 0.717) is 6.04 Å². The van der Waals surface area contributed by atoms with E-state index in [4.69, 9.17) is 0 Å². The predicted octanol–water partition coefficient (Wildman–Crippen LogP) is 3.20. The van der Waals surface area contributed by atoms with Crippen LogP contribution in [0.3, 0.4) is 0 Å². The van der Waals surface area contributed by atoms with Gasteiger partial charge in [-0.15, -0.1) is 0 Å². The Kier molecular flexibility index (Phi) is 4.44. The minimum Gasteiger partial charge on any atom is -0.346 e. The smallest absolute Gasteiger partial charge is 0.128 e. The Bertz CT molecular complexity index is 565. The molecule has 0 amide bonds. The highest BCUT2D eigenvalue weighted by atomic mass is 15.1. The summed E-state index contributed by atoms with van der Waals surface area (Å²) in [5.74, 6) is 1.97. The summed E-state index contributed by atoms with van der Waals surface area (Å²) >= 11 is 0. The van der Waals surface area contributed by atoms with Crippen LogP contribution in [0.15, 0.2) is 30.9 Å². The normalized spacial score (nSPS) is 16.3. The second-order valence-corrected chi connectivity index (χ2v) is 6.02. The van der Waals surface area contributed by atoms with Crippen LogP contribution in [0.4, 0.5) is 0 Å². The van der Waals surface area contributed by atoms with Gasteiger partial charge in [0.2, 0.25) is 0 Å². The van der Waals surface area contributed by atoms with Crippen molar-refractivity contribution in [3.05, 3.63) is 42.2 Å². The molecule has 1 aliphatic carbocycles. The summed E-state index contributed by atoms with van der Waals surface area (Å²) in [5.41, 5.74) is 1.43. The molecule has 21 heavy (non-hydrogen) atoms. The third-order valence-electron chi connectivity index (χ3n) is 4.31. The van der Waals surface area contributed by atoms with Crippen LogP contribution < -0.4 is 5.32 Å². The van der Waals surface area contributed by atoms with E-state index in [1.807, 2.05) is 6.20 Å². The van der Waals surface area contributed by atoms with Crippen molar-refractivity contribution in [1.82, 2.24) is 19.4 Å². The third kappa shape index (κ3) is 3.38. The summed E-state index contributed by atoms with van der Waals surface area (Å²) < 4.78 is 4.46. The van der Waals surface area contributed by atoms with Gasteiger partial charge in [0.05, 0.1) is 6.54 Å². The SMILES string of the molecule is CCCNC(c1ccn(Cc2nccn2CC)c1)C1CC1. The zero-order valence-corrected chi connectivity index (χ0v) is 13.1. The highest BCUT2D eigenvalue weighted by molar-refractivity contribution is 5.19. The predicted molar refractivity (Wildman–Crippen MR) is 85.2 cm³/mol. The number of nitrogens with zero attached hydrogens (tertiary/aromatic N) is 3. The summed E-state index contributed by atoms with van der Waals surface area (Å²) in [6.07, 6.45) is 12.3. The second kappa shape index (κ2) is 6.48. The molecule has 2 aromatic rings. The third-order valence-corrected chi connectivity index (χ3v) is 4.31. The van der Waals surface area contributed by atoms with Crippen LogP contribution in [0.2, 0.25) is 0 Å². The molecule has 0 saturated heterocycles. The Morgan fingerprint density at radius 1 is 1.33 bits per heavy atom. The molecule has 2 aromatic heterocycles. The lowest BCUT2D eigenvalue weighted by molar-refractivity contribution is 0.480. The molecule has 4 heteroatoms. The number of aromatic nitrogens is 3. The molecule has 1 atom stereocenters. The highest BCUT2D eigenvalue weighted by Gasteiger charge is 2.32. The van der Waals surface area contributed by atoms with Crippen LogP contribution >= 0.6 is 0 Å². The standard InChI is InChI=1S/C17H26N4/c1-3-8-19-17(14-5-6-14)15-7-10-20(12-15)13-16-18-9-11-21(16)4-2/h7,9-12,14,17,19H,3-6,8,13H2,1-2H3. The maximum absolute atomic E-state index is 4.46. The van der Waals surface area contributed by atoms with Crippen molar-refractivity contribution in [2.75, 3.05) is 6.54 Å². The average molecular weight is 286 g/mol. The van der Waals surface area contributed by atoms with Crippen LogP contribution in [0, 0.1) is 5.92 Å². The lowest BCUT2D eigenvalue weighted by atomic mass is 10.1. The van der Waals surface area contributed by atoms with Gasteiger partial charge in [0.25, 0.3) is 0 Å². The van der Waals surface area contributed by atoms with Gasteiger partial charge in [-0.2, -0.15) is 0 Å². The molecule has 1 saturated carbocycles. The summed E-state index contributed by atoms with van der Waals surface area (Å²) in [6, 6.07) is 2.81. The Balaban J connectivity index is 1.70. The second-order valence-electron chi connectivity index (χ2n) is 6.02. The van der Waals surface area contributed by atoms with E-state index in [1.165, 1.54) is 24.8 Å². The van der Waals surface area contributed by atoms with Crippen molar-refractivity contribution in [1.29, 1.82) is 0 Å². The average Bonchev–Trinajstić information content (AvgIpc) is 3.06. The van der Waals surface area contributed by atoms with Gasteiger partial charge < -0.3 is 14.5 Å². The maximum atomic E-state index is 4.46. The first kappa shape index (κ1) is 14.4. The first-order valence-corrected chi connectivity index (χ1v) is 8.20. The molecule has 0 aromatic carbocycles. The zero-order chi connectivity index (χ0) is 14.7. The molecule has 114 valence electrons. The molecule has 0 aliphatic heterocycles. The van der Waals surface area contributed by atoms with Crippen molar-refractivity contribution < 1.29 is 0 Å². The Morgan fingerprint density at radius 3 is 2.90 bits per heavy atom. The van der Waals surface area contributed by atoms with Gasteiger partial charge >= 0.3 is 0 Å². The van der Waals surface area contributed by atoms with E-state index in [1.54, 1.807) is 0 Å². The molecule has 1 N–H and O–H groups in total. The van der Waals surface area contributed by atoms with Crippen molar-refractivity contribution in [2.45, 2.75) is 52.2 Å². The molecule has 0 radical (unpaired) electrons.